The second-order valence-electron chi connectivity index (χ2n) is 16.3. The van der Waals surface area contributed by atoms with Crippen LogP contribution < -0.4 is 0 Å². The molecule has 12 aromatic rings. The first-order chi connectivity index (χ1) is 32.7. The minimum Gasteiger partial charge on any atom is -0.264 e. The van der Waals surface area contributed by atoms with Gasteiger partial charge in [0.05, 0.1) is 22.4 Å². The van der Waals surface area contributed by atoms with E-state index >= 15 is 0 Å². The standard InChI is InChI=1S/C60H38N6/c1-4-12-43(13-5-1)54-33-31-45-30-32-51-52(37-55(44-14-6-2-7-15-44)63-57(51)56(45)62-54)42-26-22-39(23-27-42)40-24-28-47(29-25-40)59-64-58(46-16-8-3-9-17-46)65-60(66-59)49-20-10-19-48(36-49)50-21-11-18-41-34-35-61-38-53(41)50/h1-38H. The van der Waals surface area contributed by atoms with E-state index in [1.807, 2.05) is 73.1 Å². The molecule has 0 saturated carbocycles. The fourth-order valence-electron chi connectivity index (χ4n) is 8.83. The average Bonchev–Trinajstić information content (AvgIpc) is 3.41. The van der Waals surface area contributed by atoms with Gasteiger partial charge in [-0.25, -0.2) is 24.9 Å². The minimum atomic E-state index is 0.609. The monoisotopic (exact) mass is 842 g/mol. The van der Waals surface area contributed by atoms with Crippen molar-refractivity contribution in [2.45, 2.75) is 0 Å². The zero-order valence-corrected chi connectivity index (χ0v) is 35.6. The molecule has 0 N–H and O–H groups in total. The van der Waals surface area contributed by atoms with E-state index in [0.29, 0.717) is 17.5 Å². The Kier molecular flexibility index (Phi) is 9.73. The molecule has 0 unspecified atom stereocenters. The second kappa shape index (κ2) is 16.6. The molecule has 0 atom stereocenters. The maximum absolute atomic E-state index is 5.29. The van der Waals surface area contributed by atoms with E-state index in [1.54, 1.807) is 0 Å². The Bertz CT molecular complexity index is 3720. The van der Waals surface area contributed by atoms with E-state index < -0.39 is 0 Å². The topological polar surface area (TPSA) is 77.3 Å². The van der Waals surface area contributed by atoms with Crippen molar-refractivity contribution in [2.24, 2.45) is 0 Å². The van der Waals surface area contributed by atoms with Gasteiger partial charge in [0.25, 0.3) is 0 Å². The molecule has 4 aromatic heterocycles. The Morgan fingerprint density at radius 1 is 0.258 bits per heavy atom. The third kappa shape index (κ3) is 7.32. The van der Waals surface area contributed by atoms with Crippen molar-refractivity contribution in [3.63, 3.8) is 0 Å². The van der Waals surface area contributed by atoms with Crippen LogP contribution in [0.25, 0.3) is 123 Å². The second-order valence-corrected chi connectivity index (χ2v) is 16.3. The molecule has 0 amide bonds. The summed E-state index contributed by atoms with van der Waals surface area (Å²) in [5, 5.41) is 4.35. The van der Waals surface area contributed by atoms with Crippen LogP contribution in [0.2, 0.25) is 0 Å². The molecule has 4 heterocycles. The molecule has 0 bridgehead atoms. The molecule has 0 radical (unpaired) electrons. The van der Waals surface area contributed by atoms with Crippen molar-refractivity contribution in [3.05, 3.63) is 231 Å². The Balaban J connectivity index is 0.900. The van der Waals surface area contributed by atoms with Gasteiger partial charge in [-0.1, -0.05) is 194 Å². The zero-order valence-electron chi connectivity index (χ0n) is 35.6. The van der Waals surface area contributed by atoms with E-state index in [-0.39, 0.29) is 0 Å². The number of rotatable bonds is 8. The number of aromatic nitrogens is 6. The van der Waals surface area contributed by atoms with Crippen molar-refractivity contribution in [2.75, 3.05) is 0 Å². The summed E-state index contributed by atoms with van der Waals surface area (Å²) in [4.78, 5) is 30.1. The van der Waals surface area contributed by atoms with E-state index in [1.165, 1.54) is 0 Å². The SMILES string of the molecule is c1ccc(-c2ccc3ccc4c(-c5ccc(-c6ccc(-c7nc(-c8ccccc8)nc(-c8cccc(-c9cccc%10ccncc9%10)c8)n7)cc6)cc5)cc(-c5ccccc5)nc4c3n2)cc1. The summed E-state index contributed by atoms with van der Waals surface area (Å²) >= 11 is 0. The molecule has 0 aliphatic heterocycles. The normalized spacial score (nSPS) is 11.3. The van der Waals surface area contributed by atoms with Crippen LogP contribution in [0.1, 0.15) is 0 Å². The largest absolute Gasteiger partial charge is 0.264 e. The fourth-order valence-corrected chi connectivity index (χ4v) is 8.83. The highest BCUT2D eigenvalue weighted by Gasteiger charge is 2.17. The van der Waals surface area contributed by atoms with E-state index in [0.717, 1.165) is 105 Å². The van der Waals surface area contributed by atoms with E-state index in [4.69, 9.17) is 24.9 Å². The van der Waals surface area contributed by atoms with E-state index in [9.17, 15) is 0 Å². The number of nitrogens with zero attached hydrogens (tertiary/aromatic N) is 6. The zero-order chi connectivity index (χ0) is 43.8. The lowest BCUT2D eigenvalue weighted by Crippen LogP contribution is -2.00. The molecule has 12 rings (SSSR count). The Morgan fingerprint density at radius 3 is 1.48 bits per heavy atom. The van der Waals surface area contributed by atoms with Crippen molar-refractivity contribution in [1.82, 2.24) is 29.9 Å². The van der Waals surface area contributed by atoms with Gasteiger partial charge in [0.2, 0.25) is 0 Å². The summed E-state index contributed by atoms with van der Waals surface area (Å²) in [5.74, 6) is 1.84. The van der Waals surface area contributed by atoms with Crippen LogP contribution in [0.3, 0.4) is 0 Å². The van der Waals surface area contributed by atoms with Crippen molar-refractivity contribution < 1.29 is 0 Å². The lowest BCUT2D eigenvalue weighted by molar-refractivity contribution is 1.07. The quantitative estimate of drug-likeness (QED) is 0.142. The van der Waals surface area contributed by atoms with E-state index in [2.05, 4.69) is 163 Å². The smallest absolute Gasteiger partial charge is 0.164 e. The molecule has 308 valence electrons. The highest BCUT2D eigenvalue weighted by Crippen LogP contribution is 2.38. The third-order valence-corrected chi connectivity index (χ3v) is 12.2. The first-order valence-corrected chi connectivity index (χ1v) is 22.0. The number of hydrogen-bond acceptors (Lipinski definition) is 6. The molecule has 0 saturated heterocycles. The van der Waals surface area contributed by atoms with Gasteiger partial charge in [-0.3, -0.25) is 4.98 Å². The average molecular weight is 843 g/mol. The predicted molar refractivity (Wildman–Crippen MR) is 269 cm³/mol. The van der Waals surface area contributed by atoms with Crippen LogP contribution in [0.5, 0.6) is 0 Å². The van der Waals surface area contributed by atoms with Crippen molar-refractivity contribution in [3.8, 4) is 90.1 Å². The van der Waals surface area contributed by atoms with Gasteiger partial charge in [-0.05, 0) is 63.0 Å². The van der Waals surface area contributed by atoms with Crippen LogP contribution in [-0.4, -0.2) is 29.9 Å². The molecule has 8 aromatic carbocycles. The lowest BCUT2D eigenvalue weighted by atomic mass is 9.95. The van der Waals surface area contributed by atoms with Crippen LogP contribution in [0.15, 0.2) is 231 Å². The molecule has 0 aliphatic carbocycles. The van der Waals surface area contributed by atoms with Crippen LogP contribution in [-0.2, 0) is 0 Å². The molecule has 0 aliphatic rings. The fraction of sp³-hybridized carbons (Fsp3) is 0. The first kappa shape index (κ1) is 38.7. The van der Waals surface area contributed by atoms with Crippen LogP contribution in [0, 0.1) is 0 Å². The number of fused-ring (bicyclic) bond motifs is 4. The van der Waals surface area contributed by atoms with Gasteiger partial charge >= 0.3 is 0 Å². The Morgan fingerprint density at radius 2 is 0.788 bits per heavy atom. The summed E-state index contributed by atoms with van der Waals surface area (Å²) < 4.78 is 0. The van der Waals surface area contributed by atoms with Crippen LogP contribution >= 0.6 is 0 Å². The first-order valence-electron chi connectivity index (χ1n) is 22.0. The summed E-state index contributed by atoms with van der Waals surface area (Å²) in [5.41, 5.74) is 15.1. The number of hydrogen-bond donors (Lipinski definition) is 0. The van der Waals surface area contributed by atoms with Crippen molar-refractivity contribution in [1.29, 1.82) is 0 Å². The molecular formula is C60H38N6. The molecular weight excluding hydrogens is 805 g/mol. The molecule has 66 heavy (non-hydrogen) atoms. The van der Waals surface area contributed by atoms with Crippen molar-refractivity contribution >= 4 is 32.6 Å². The number of benzene rings is 8. The lowest BCUT2D eigenvalue weighted by Gasteiger charge is -2.13. The third-order valence-electron chi connectivity index (χ3n) is 12.2. The van der Waals surface area contributed by atoms with Gasteiger partial charge < -0.3 is 0 Å². The van der Waals surface area contributed by atoms with Gasteiger partial charge in [0, 0.05) is 56.4 Å². The van der Waals surface area contributed by atoms with Gasteiger partial charge in [0.15, 0.2) is 17.5 Å². The summed E-state index contributed by atoms with van der Waals surface area (Å²) in [6.07, 6.45) is 3.75. The highest BCUT2D eigenvalue weighted by atomic mass is 15.0. The molecule has 6 nitrogen and oxygen atoms in total. The molecule has 6 heteroatoms. The Hall–Kier alpha value is -9.00. The number of pyridine rings is 3. The summed E-state index contributed by atoms with van der Waals surface area (Å²) in [6, 6.07) is 75.6. The Labute approximate surface area is 381 Å². The van der Waals surface area contributed by atoms with Crippen LogP contribution in [0.4, 0.5) is 0 Å². The predicted octanol–water partition coefficient (Wildman–Crippen LogP) is 14.9. The maximum atomic E-state index is 5.29. The maximum Gasteiger partial charge on any atom is 0.164 e. The van der Waals surface area contributed by atoms with Gasteiger partial charge in [-0.15, -0.1) is 0 Å². The van der Waals surface area contributed by atoms with Gasteiger partial charge in [-0.2, -0.15) is 0 Å². The highest BCUT2D eigenvalue weighted by molar-refractivity contribution is 6.10. The minimum absolute atomic E-state index is 0.609. The summed E-state index contributed by atoms with van der Waals surface area (Å²) in [7, 11) is 0. The molecule has 0 fully saturated rings. The van der Waals surface area contributed by atoms with Gasteiger partial charge in [0.1, 0.15) is 0 Å². The molecule has 0 spiro atoms. The summed E-state index contributed by atoms with van der Waals surface area (Å²) in [6.45, 7) is 0.